The Morgan fingerprint density at radius 3 is 2.69 bits per heavy atom. The predicted octanol–water partition coefficient (Wildman–Crippen LogP) is 1.38. The standard InChI is InChI=1S/C10H17N5S/c1-7-8(13-6-14-9(7)15-11)12-5-10(16-2)3-4-10/h6H,3-5,11H2,1-2H3,(H2,12,13,14,15). The first-order chi connectivity index (χ1) is 7.71. The average molecular weight is 239 g/mol. The molecular weight excluding hydrogens is 222 g/mol. The second-order valence-corrected chi connectivity index (χ2v) is 5.36. The van der Waals surface area contributed by atoms with Gasteiger partial charge in [0.05, 0.1) is 0 Å². The van der Waals surface area contributed by atoms with Crippen LogP contribution >= 0.6 is 11.8 Å². The number of nitrogen functional groups attached to an aromatic ring is 1. The number of nitrogens with one attached hydrogen (secondary N) is 2. The second kappa shape index (κ2) is 4.47. The Balaban J connectivity index is 2.04. The van der Waals surface area contributed by atoms with Crippen LogP contribution in [0.3, 0.4) is 0 Å². The van der Waals surface area contributed by atoms with E-state index in [1.165, 1.54) is 19.2 Å². The van der Waals surface area contributed by atoms with Crippen molar-refractivity contribution in [3.8, 4) is 0 Å². The van der Waals surface area contributed by atoms with Gasteiger partial charge in [0.25, 0.3) is 0 Å². The molecular formula is C10H17N5S. The summed E-state index contributed by atoms with van der Waals surface area (Å²) in [5, 5.41) is 3.37. The molecule has 0 unspecified atom stereocenters. The van der Waals surface area contributed by atoms with E-state index in [0.29, 0.717) is 10.6 Å². The molecule has 1 fully saturated rings. The molecule has 0 atom stereocenters. The number of aromatic nitrogens is 2. The van der Waals surface area contributed by atoms with Crippen molar-refractivity contribution in [1.29, 1.82) is 0 Å². The van der Waals surface area contributed by atoms with Gasteiger partial charge in [-0.05, 0) is 26.0 Å². The van der Waals surface area contributed by atoms with Gasteiger partial charge in [0, 0.05) is 16.9 Å². The highest BCUT2D eigenvalue weighted by Gasteiger charge is 2.41. The molecule has 1 aliphatic rings. The fourth-order valence-corrected chi connectivity index (χ4v) is 2.34. The summed E-state index contributed by atoms with van der Waals surface area (Å²) in [7, 11) is 0. The molecule has 88 valence electrons. The van der Waals surface area contributed by atoms with Gasteiger partial charge in [-0.1, -0.05) is 0 Å². The highest BCUT2D eigenvalue weighted by Crippen LogP contribution is 2.47. The van der Waals surface area contributed by atoms with Crippen LogP contribution in [0.2, 0.25) is 0 Å². The van der Waals surface area contributed by atoms with Crippen LogP contribution in [0.4, 0.5) is 11.6 Å². The highest BCUT2D eigenvalue weighted by molar-refractivity contribution is 8.00. The van der Waals surface area contributed by atoms with Crippen LogP contribution in [-0.4, -0.2) is 27.5 Å². The number of hydrogen-bond acceptors (Lipinski definition) is 6. The molecule has 0 bridgehead atoms. The topological polar surface area (TPSA) is 75.9 Å². The summed E-state index contributed by atoms with van der Waals surface area (Å²) < 4.78 is 0.424. The van der Waals surface area contributed by atoms with E-state index in [1.807, 2.05) is 18.7 Å². The number of hydrazine groups is 1. The van der Waals surface area contributed by atoms with Crippen LogP contribution in [0.1, 0.15) is 18.4 Å². The fourth-order valence-electron chi connectivity index (χ4n) is 1.61. The molecule has 0 radical (unpaired) electrons. The minimum absolute atomic E-state index is 0.424. The molecule has 0 amide bonds. The summed E-state index contributed by atoms with van der Waals surface area (Å²) in [5.41, 5.74) is 3.53. The summed E-state index contributed by atoms with van der Waals surface area (Å²) in [6, 6.07) is 0. The maximum absolute atomic E-state index is 5.37. The lowest BCUT2D eigenvalue weighted by molar-refractivity contribution is 0.932. The first-order valence-electron chi connectivity index (χ1n) is 5.28. The Morgan fingerprint density at radius 2 is 2.12 bits per heavy atom. The molecule has 2 rings (SSSR count). The highest BCUT2D eigenvalue weighted by atomic mass is 32.2. The van der Waals surface area contributed by atoms with E-state index in [-0.39, 0.29) is 0 Å². The number of rotatable bonds is 5. The van der Waals surface area contributed by atoms with Gasteiger partial charge in [-0.15, -0.1) is 0 Å². The molecule has 1 saturated carbocycles. The summed E-state index contributed by atoms with van der Waals surface area (Å²) in [4.78, 5) is 8.27. The van der Waals surface area contributed by atoms with Crippen LogP contribution in [-0.2, 0) is 0 Å². The largest absolute Gasteiger partial charge is 0.368 e. The van der Waals surface area contributed by atoms with Gasteiger partial charge in [-0.25, -0.2) is 15.8 Å². The molecule has 0 saturated heterocycles. The van der Waals surface area contributed by atoms with E-state index in [0.717, 1.165) is 17.9 Å². The van der Waals surface area contributed by atoms with Gasteiger partial charge in [0.15, 0.2) is 0 Å². The molecule has 5 nitrogen and oxygen atoms in total. The van der Waals surface area contributed by atoms with Crippen LogP contribution < -0.4 is 16.6 Å². The molecule has 6 heteroatoms. The van der Waals surface area contributed by atoms with E-state index < -0.39 is 0 Å². The first kappa shape index (κ1) is 11.5. The Bertz CT molecular complexity index is 377. The van der Waals surface area contributed by atoms with Crippen molar-refractivity contribution in [2.45, 2.75) is 24.5 Å². The van der Waals surface area contributed by atoms with Gasteiger partial charge < -0.3 is 10.7 Å². The van der Waals surface area contributed by atoms with Gasteiger partial charge in [-0.3, -0.25) is 0 Å². The third kappa shape index (κ3) is 2.22. The minimum atomic E-state index is 0.424. The maximum atomic E-state index is 5.37. The molecule has 0 aliphatic heterocycles. The van der Waals surface area contributed by atoms with Crippen molar-refractivity contribution in [3.05, 3.63) is 11.9 Å². The van der Waals surface area contributed by atoms with Crippen LogP contribution in [0.5, 0.6) is 0 Å². The fraction of sp³-hybridized carbons (Fsp3) is 0.600. The van der Waals surface area contributed by atoms with Crippen molar-refractivity contribution >= 4 is 23.4 Å². The van der Waals surface area contributed by atoms with E-state index in [2.05, 4.69) is 27.0 Å². The second-order valence-electron chi connectivity index (χ2n) is 4.08. The molecule has 16 heavy (non-hydrogen) atoms. The number of nitrogens with zero attached hydrogens (tertiary/aromatic N) is 2. The molecule has 1 heterocycles. The summed E-state index contributed by atoms with van der Waals surface area (Å²) in [5.74, 6) is 6.90. The lowest BCUT2D eigenvalue weighted by Gasteiger charge is -2.15. The summed E-state index contributed by atoms with van der Waals surface area (Å²) >= 11 is 1.93. The van der Waals surface area contributed by atoms with Gasteiger partial charge in [0.1, 0.15) is 18.0 Å². The zero-order chi connectivity index (χ0) is 11.6. The van der Waals surface area contributed by atoms with Gasteiger partial charge in [-0.2, -0.15) is 11.8 Å². The lowest BCUT2D eigenvalue weighted by atomic mass is 10.3. The maximum Gasteiger partial charge on any atom is 0.148 e. The number of anilines is 2. The predicted molar refractivity (Wildman–Crippen MR) is 68.5 cm³/mol. The normalized spacial score (nSPS) is 16.9. The Labute approximate surface area is 99.6 Å². The third-order valence-electron chi connectivity index (χ3n) is 3.04. The zero-order valence-corrected chi connectivity index (χ0v) is 10.4. The Hall–Kier alpha value is -1.01. The molecule has 0 aromatic carbocycles. The summed E-state index contributed by atoms with van der Waals surface area (Å²) in [6.07, 6.45) is 6.25. The van der Waals surface area contributed by atoms with E-state index >= 15 is 0 Å². The monoisotopic (exact) mass is 239 g/mol. The van der Waals surface area contributed by atoms with Crippen molar-refractivity contribution in [1.82, 2.24) is 9.97 Å². The number of nitrogens with two attached hydrogens (primary N) is 1. The van der Waals surface area contributed by atoms with E-state index in [4.69, 9.17) is 5.84 Å². The van der Waals surface area contributed by atoms with Crippen molar-refractivity contribution in [3.63, 3.8) is 0 Å². The molecule has 4 N–H and O–H groups in total. The first-order valence-corrected chi connectivity index (χ1v) is 6.50. The van der Waals surface area contributed by atoms with Crippen LogP contribution in [0.15, 0.2) is 6.33 Å². The average Bonchev–Trinajstić information content (AvgIpc) is 3.08. The van der Waals surface area contributed by atoms with E-state index in [9.17, 15) is 0 Å². The Kier molecular flexibility index (Phi) is 3.20. The molecule has 0 spiro atoms. The Morgan fingerprint density at radius 1 is 1.44 bits per heavy atom. The van der Waals surface area contributed by atoms with Crippen molar-refractivity contribution in [2.24, 2.45) is 5.84 Å². The minimum Gasteiger partial charge on any atom is -0.368 e. The smallest absolute Gasteiger partial charge is 0.148 e. The van der Waals surface area contributed by atoms with Gasteiger partial charge >= 0.3 is 0 Å². The quantitative estimate of drug-likeness (QED) is 0.532. The third-order valence-corrected chi connectivity index (χ3v) is 4.46. The van der Waals surface area contributed by atoms with Crippen molar-refractivity contribution < 1.29 is 0 Å². The zero-order valence-electron chi connectivity index (χ0n) is 9.58. The van der Waals surface area contributed by atoms with E-state index in [1.54, 1.807) is 0 Å². The molecule has 1 aromatic rings. The molecule has 1 aromatic heterocycles. The SMILES string of the molecule is CSC1(CNc2ncnc(NN)c2C)CC1. The van der Waals surface area contributed by atoms with Gasteiger partial charge in [0.2, 0.25) is 0 Å². The summed E-state index contributed by atoms with van der Waals surface area (Å²) in [6.45, 7) is 2.91. The molecule has 1 aliphatic carbocycles. The number of thioether (sulfide) groups is 1. The van der Waals surface area contributed by atoms with Crippen molar-refractivity contribution in [2.75, 3.05) is 23.5 Å². The van der Waals surface area contributed by atoms with Crippen LogP contribution in [0, 0.1) is 6.92 Å². The lowest BCUT2D eigenvalue weighted by Crippen LogP contribution is -2.19. The van der Waals surface area contributed by atoms with Crippen LogP contribution in [0.25, 0.3) is 0 Å². The number of hydrogen-bond donors (Lipinski definition) is 3.